The van der Waals surface area contributed by atoms with E-state index in [1.54, 1.807) is 28.8 Å². The topological polar surface area (TPSA) is 65.1 Å². The molecule has 2 heterocycles. The molecule has 0 fully saturated rings. The van der Waals surface area contributed by atoms with Crippen molar-refractivity contribution < 1.29 is 9.59 Å². The number of primary amides is 1. The first kappa shape index (κ1) is 11.7. The summed E-state index contributed by atoms with van der Waals surface area (Å²) in [5.74, 6) is -0.701. The lowest BCUT2D eigenvalue weighted by Crippen LogP contribution is -2.13. The molecule has 0 aliphatic heterocycles. The lowest BCUT2D eigenvalue weighted by Gasteiger charge is -2.03. The average Bonchev–Trinajstić information content (AvgIpc) is 2.94. The summed E-state index contributed by atoms with van der Waals surface area (Å²) >= 11 is 6.00. The molecule has 0 saturated carbocycles. The first-order valence-electron chi connectivity index (χ1n) is 5.62. The van der Waals surface area contributed by atoms with Crippen LogP contribution in [0.1, 0.15) is 20.7 Å². The van der Waals surface area contributed by atoms with E-state index in [0.29, 0.717) is 21.7 Å². The zero-order valence-electron chi connectivity index (χ0n) is 9.76. The van der Waals surface area contributed by atoms with Crippen LogP contribution in [0.4, 0.5) is 0 Å². The van der Waals surface area contributed by atoms with E-state index in [0.717, 1.165) is 5.52 Å². The molecule has 0 unspecified atom stereocenters. The van der Waals surface area contributed by atoms with E-state index in [9.17, 15) is 9.59 Å². The molecular formula is C14H9ClN2O2. The standard InChI is InChI=1S/C14H9ClN2O2/c15-11-7-10-5-6-12(11)17(10)14(19)9-3-1-8(2-4-9)13(16)18/h1-7H,(H2,16,18). The van der Waals surface area contributed by atoms with Gasteiger partial charge in [0.25, 0.3) is 5.91 Å². The monoisotopic (exact) mass is 272 g/mol. The van der Waals surface area contributed by atoms with Crippen LogP contribution in [-0.2, 0) is 0 Å². The third-order valence-electron chi connectivity index (χ3n) is 3.05. The summed E-state index contributed by atoms with van der Waals surface area (Å²) < 4.78 is 1.54. The molecule has 0 radical (unpaired) electrons. The molecule has 3 rings (SSSR count). The lowest BCUT2D eigenvalue weighted by molar-refractivity contribution is 0.0965. The fourth-order valence-corrected chi connectivity index (χ4v) is 2.35. The number of hydrogen-bond donors (Lipinski definition) is 1. The lowest BCUT2D eigenvalue weighted by atomic mass is 10.1. The summed E-state index contributed by atoms with van der Waals surface area (Å²) in [5.41, 5.74) is 7.44. The first-order valence-corrected chi connectivity index (χ1v) is 5.99. The molecule has 0 aliphatic rings. The zero-order chi connectivity index (χ0) is 13.6. The van der Waals surface area contributed by atoms with Crippen molar-refractivity contribution in [3.63, 3.8) is 0 Å². The summed E-state index contributed by atoms with van der Waals surface area (Å²) in [6.07, 6.45) is 0. The molecule has 2 bridgehead atoms. The van der Waals surface area contributed by atoms with Crippen LogP contribution < -0.4 is 5.73 Å². The Morgan fingerprint density at radius 1 is 1.00 bits per heavy atom. The molecule has 2 N–H and O–H groups in total. The van der Waals surface area contributed by atoms with Gasteiger partial charge in [-0.1, -0.05) is 11.6 Å². The Labute approximate surface area is 113 Å². The van der Waals surface area contributed by atoms with E-state index >= 15 is 0 Å². The largest absolute Gasteiger partial charge is 0.366 e. The number of halogens is 1. The number of carbonyl (C=O) groups is 2. The predicted molar refractivity (Wildman–Crippen MR) is 72.8 cm³/mol. The van der Waals surface area contributed by atoms with Gasteiger partial charge in [-0.2, -0.15) is 0 Å². The minimum Gasteiger partial charge on any atom is -0.366 e. The van der Waals surface area contributed by atoms with Gasteiger partial charge in [-0.15, -0.1) is 0 Å². The Morgan fingerprint density at radius 3 is 2.11 bits per heavy atom. The number of fused-ring (bicyclic) bond motifs is 2. The Hall–Kier alpha value is -2.33. The van der Waals surface area contributed by atoms with Crippen LogP contribution in [0.25, 0.3) is 11.0 Å². The van der Waals surface area contributed by atoms with Gasteiger partial charge in [-0.3, -0.25) is 14.2 Å². The number of aromatic nitrogens is 1. The Kier molecular flexibility index (Phi) is 2.54. The van der Waals surface area contributed by atoms with E-state index in [4.69, 9.17) is 17.3 Å². The molecule has 0 spiro atoms. The molecule has 0 aliphatic carbocycles. The molecule has 1 amide bonds. The number of carbonyl (C=O) groups excluding carboxylic acids is 2. The summed E-state index contributed by atoms with van der Waals surface area (Å²) in [6.45, 7) is 0. The summed E-state index contributed by atoms with van der Waals surface area (Å²) in [5, 5.41) is 0.555. The molecular weight excluding hydrogens is 264 g/mol. The Bertz CT molecular complexity index is 774. The van der Waals surface area contributed by atoms with Crippen molar-refractivity contribution in [2.24, 2.45) is 5.73 Å². The fourth-order valence-electron chi connectivity index (χ4n) is 2.09. The van der Waals surface area contributed by atoms with Crippen LogP contribution >= 0.6 is 11.6 Å². The highest BCUT2D eigenvalue weighted by molar-refractivity contribution is 6.35. The third-order valence-corrected chi connectivity index (χ3v) is 3.35. The van der Waals surface area contributed by atoms with Crippen molar-refractivity contribution >= 4 is 34.4 Å². The van der Waals surface area contributed by atoms with Gasteiger partial charge in [0, 0.05) is 11.1 Å². The van der Waals surface area contributed by atoms with Crippen LogP contribution in [0.3, 0.4) is 0 Å². The minimum atomic E-state index is -0.518. The summed E-state index contributed by atoms with van der Waals surface area (Å²) in [6, 6.07) is 11.6. The Balaban J connectivity index is 2.03. The van der Waals surface area contributed by atoms with Crippen molar-refractivity contribution in [2.45, 2.75) is 0 Å². The van der Waals surface area contributed by atoms with E-state index in [-0.39, 0.29) is 5.91 Å². The highest BCUT2D eigenvalue weighted by Crippen LogP contribution is 2.27. The van der Waals surface area contributed by atoms with Crippen molar-refractivity contribution in [1.82, 2.24) is 4.57 Å². The molecule has 3 aromatic rings. The highest BCUT2D eigenvalue weighted by Gasteiger charge is 2.17. The van der Waals surface area contributed by atoms with E-state index in [1.165, 1.54) is 12.1 Å². The average molecular weight is 273 g/mol. The van der Waals surface area contributed by atoms with Gasteiger partial charge in [-0.05, 0) is 42.5 Å². The van der Waals surface area contributed by atoms with E-state index in [1.807, 2.05) is 6.07 Å². The summed E-state index contributed by atoms with van der Waals surface area (Å²) in [7, 11) is 0. The molecule has 4 nitrogen and oxygen atoms in total. The van der Waals surface area contributed by atoms with Gasteiger partial charge in [0.1, 0.15) is 0 Å². The maximum Gasteiger partial charge on any atom is 0.262 e. The second kappa shape index (κ2) is 4.10. The number of amides is 1. The molecule has 1 aromatic carbocycles. The molecule has 94 valence electrons. The number of rotatable bonds is 2. The molecule has 19 heavy (non-hydrogen) atoms. The van der Waals surface area contributed by atoms with Crippen LogP contribution in [0.5, 0.6) is 0 Å². The molecule has 0 atom stereocenters. The van der Waals surface area contributed by atoms with E-state index in [2.05, 4.69) is 0 Å². The normalized spacial score (nSPS) is 11.0. The van der Waals surface area contributed by atoms with E-state index < -0.39 is 5.91 Å². The Morgan fingerprint density at radius 2 is 1.63 bits per heavy atom. The SMILES string of the molecule is NC(=O)c1ccc(C(=O)n2c3ccc2c(Cl)c3)cc1. The van der Waals surface area contributed by atoms with Gasteiger partial charge in [0.2, 0.25) is 5.91 Å². The van der Waals surface area contributed by atoms with Crippen molar-refractivity contribution in [1.29, 1.82) is 0 Å². The summed E-state index contributed by atoms with van der Waals surface area (Å²) in [4.78, 5) is 23.3. The smallest absolute Gasteiger partial charge is 0.262 e. The van der Waals surface area contributed by atoms with Crippen LogP contribution in [0.15, 0.2) is 42.5 Å². The first-order chi connectivity index (χ1) is 9.08. The number of nitrogens with two attached hydrogens (primary N) is 1. The second-order valence-corrected chi connectivity index (χ2v) is 4.63. The van der Waals surface area contributed by atoms with Gasteiger partial charge in [0.05, 0.1) is 16.1 Å². The van der Waals surface area contributed by atoms with Crippen molar-refractivity contribution in [3.05, 3.63) is 58.6 Å². The van der Waals surface area contributed by atoms with Crippen LogP contribution in [0, 0.1) is 0 Å². The molecule has 5 heteroatoms. The minimum absolute atomic E-state index is 0.182. The van der Waals surface area contributed by atoms with Gasteiger partial charge >= 0.3 is 0 Å². The number of hydrogen-bond acceptors (Lipinski definition) is 2. The van der Waals surface area contributed by atoms with Crippen LogP contribution in [-0.4, -0.2) is 16.4 Å². The van der Waals surface area contributed by atoms with Crippen LogP contribution in [0.2, 0.25) is 5.02 Å². The maximum atomic E-state index is 12.4. The van der Waals surface area contributed by atoms with Gasteiger partial charge in [-0.25, -0.2) is 0 Å². The predicted octanol–water partition coefficient (Wildman–Crippen LogP) is 2.52. The third kappa shape index (κ3) is 1.77. The second-order valence-electron chi connectivity index (χ2n) is 4.22. The molecule has 0 saturated heterocycles. The van der Waals surface area contributed by atoms with Crippen molar-refractivity contribution in [2.75, 3.05) is 0 Å². The molecule has 2 aromatic heterocycles. The van der Waals surface area contributed by atoms with Gasteiger partial charge < -0.3 is 5.73 Å². The number of benzene rings is 2. The van der Waals surface area contributed by atoms with Crippen molar-refractivity contribution in [3.8, 4) is 0 Å². The fraction of sp³-hybridized carbons (Fsp3) is 0. The highest BCUT2D eigenvalue weighted by atomic mass is 35.5. The van der Waals surface area contributed by atoms with Gasteiger partial charge in [0.15, 0.2) is 0 Å². The number of nitrogens with zero attached hydrogens (tertiary/aromatic N) is 1. The maximum absolute atomic E-state index is 12.4. The zero-order valence-corrected chi connectivity index (χ0v) is 10.5. The quantitative estimate of drug-likeness (QED) is 0.779.